The highest BCUT2D eigenvalue weighted by Gasteiger charge is 2.45. The summed E-state index contributed by atoms with van der Waals surface area (Å²) in [6.45, 7) is 10.2. The molecule has 1 aliphatic heterocycles. The van der Waals surface area contributed by atoms with Gasteiger partial charge in [-0.1, -0.05) is 32.5 Å². The van der Waals surface area contributed by atoms with Crippen molar-refractivity contribution in [3.8, 4) is 0 Å². The molecule has 3 heteroatoms. The van der Waals surface area contributed by atoms with Crippen LogP contribution >= 0.6 is 11.8 Å². The van der Waals surface area contributed by atoms with E-state index in [1.54, 1.807) is 0 Å². The molecular weight excluding hydrogens is 204 g/mol. The molecule has 1 saturated carbocycles. The van der Waals surface area contributed by atoms with Crippen LogP contribution in [0.15, 0.2) is 4.99 Å². The van der Waals surface area contributed by atoms with Gasteiger partial charge in [-0.2, -0.15) is 0 Å². The van der Waals surface area contributed by atoms with Crippen molar-refractivity contribution in [2.45, 2.75) is 51.8 Å². The Labute approximate surface area is 97.3 Å². The van der Waals surface area contributed by atoms with E-state index in [0.717, 1.165) is 12.5 Å². The number of nitrogens with one attached hydrogen (secondary N) is 1. The molecule has 1 aliphatic carbocycles. The van der Waals surface area contributed by atoms with Crippen molar-refractivity contribution in [2.75, 3.05) is 6.54 Å². The van der Waals surface area contributed by atoms with Crippen LogP contribution in [0.4, 0.5) is 0 Å². The Morgan fingerprint density at radius 2 is 2.13 bits per heavy atom. The van der Waals surface area contributed by atoms with Crippen LogP contribution in [0.2, 0.25) is 0 Å². The predicted molar refractivity (Wildman–Crippen MR) is 68.5 cm³/mol. The summed E-state index contributed by atoms with van der Waals surface area (Å²) >= 11 is 1.90. The van der Waals surface area contributed by atoms with Gasteiger partial charge in [0, 0.05) is 17.8 Å². The van der Waals surface area contributed by atoms with Crippen LogP contribution in [0.1, 0.15) is 40.5 Å². The summed E-state index contributed by atoms with van der Waals surface area (Å²) in [5.74, 6) is 0.819. The number of amidine groups is 1. The Morgan fingerprint density at radius 1 is 1.47 bits per heavy atom. The van der Waals surface area contributed by atoms with Gasteiger partial charge in [-0.05, 0) is 31.1 Å². The molecule has 0 aromatic heterocycles. The fraction of sp³-hybridized carbons (Fsp3) is 0.917. The van der Waals surface area contributed by atoms with Gasteiger partial charge < -0.3 is 5.32 Å². The van der Waals surface area contributed by atoms with Gasteiger partial charge in [0.1, 0.15) is 0 Å². The quantitative estimate of drug-likeness (QED) is 0.783. The summed E-state index contributed by atoms with van der Waals surface area (Å²) in [6, 6.07) is 0.590. The number of rotatable bonds is 2. The maximum atomic E-state index is 4.71. The first kappa shape index (κ1) is 11.3. The summed E-state index contributed by atoms with van der Waals surface area (Å²) in [4.78, 5) is 4.71. The Balaban J connectivity index is 1.85. The van der Waals surface area contributed by atoms with Crippen LogP contribution in [0, 0.1) is 11.3 Å². The van der Waals surface area contributed by atoms with Crippen LogP contribution < -0.4 is 5.32 Å². The molecular formula is C12H22N2S. The monoisotopic (exact) mass is 226 g/mol. The number of hydrogen-bond donors (Lipinski definition) is 1. The molecule has 0 amide bonds. The molecule has 1 saturated heterocycles. The maximum Gasteiger partial charge on any atom is 0.157 e. The molecule has 0 radical (unpaired) electrons. The van der Waals surface area contributed by atoms with E-state index in [0.29, 0.717) is 16.7 Å². The van der Waals surface area contributed by atoms with Crippen LogP contribution in [0.5, 0.6) is 0 Å². The molecule has 86 valence electrons. The van der Waals surface area contributed by atoms with Crippen molar-refractivity contribution in [1.82, 2.24) is 5.32 Å². The van der Waals surface area contributed by atoms with E-state index < -0.39 is 0 Å². The third-order valence-electron chi connectivity index (χ3n) is 3.54. The van der Waals surface area contributed by atoms with Gasteiger partial charge >= 0.3 is 0 Å². The number of thioether (sulfide) groups is 1. The molecule has 0 bridgehead atoms. The highest BCUT2D eigenvalue weighted by atomic mass is 32.2. The van der Waals surface area contributed by atoms with Gasteiger partial charge in [0.2, 0.25) is 0 Å². The first-order valence-corrected chi connectivity index (χ1v) is 6.83. The zero-order chi connectivity index (χ0) is 11.1. The lowest BCUT2D eigenvalue weighted by Crippen LogP contribution is -2.38. The molecule has 1 heterocycles. The molecule has 0 aromatic carbocycles. The Kier molecular flexibility index (Phi) is 3.02. The second-order valence-electron chi connectivity index (χ2n) is 5.75. The van der Waals surface area contributed by atoms with Crippen LogP contribution in [0.3, 0.4) is 0 Å². The van der Waals surface area contributed by atoms with E-state index in [9.17, 15) is 0 Å². The normalized spacial score (nSPS) is 41.3. The summed E-state index contributed by atoms with van der Waals surface area (Å²) in [5.41, 5.74) is 0.556. The van der Waals surface area contributed by atoms with Crippen molar-refractivity contribution < 1.29 is 0 Å². The third-order valence-corrected chi connectivity index (χ3v) is 4.61. The first-order chi connectivity index (χ1) is 6.97. The van der Waals surface area contributed by atoms with Crippen molar-refractivity contribution in [2.24, 2.45) is 16.3 Å². The van der Waals surface area contributed by atoms with Crippen molar-refractivity contribution in [3.63, 3.8) is 0 Å². The Hall–Kier alpha value is -0.180. The lowest BCUT2D eigenvalue weighted by molar-refractivity contribution is 0.562. The zero-order valence-corrected chi connectivity index (χ0v) is 11.0. The highest BCUT2D eigenvalue weighted by Crippen LogP contribution is 2.51. The van der Waals surface area contributed by atoms with Gasteiger partial charge in [-0.25, -0.2) is 0 Å². The van der Waals surface area contributed by atoms with E-state index in [2.05, 4.69) is 33.0 Å². The predicted octanol–water partition coefficient (Wildman–Crippen LogP) is 2.89. The topological polar surface area (TPSA) is 24.4 Å². The standard InChI is InChI=1S/C12H22N2S/c1-8-5-9(2)15-11(14-8)13-7-10-6-12(10,3)4/h8-10H,5-7H2,1-4H3,(H,13,14). The molecule has 15 heavy (non-hydrogen) atoms. The molecule has 2 nitrogen and oxygen atoms in total. The van der Waals surface area contributed by atoms with E-state index in [-0.39, 0.29) is 0 Å². The molecule has 1 N–H and O–H groups in total. The van der Waals surface area contributed by atoms with Crippen molar-refractivity contribution in [1.29, 1.82) is 0 Å². The molecule has 2 fully saturated rings. The maximum absolute atomic E-state index is 4.71. The Morgan fingerprint density at radius 3 is 2.67 bits per heavy atom. The molecule has 0 spiro atoms. The van der Waals surface area contributed by atoms with E-state index in [1.807, 2.05) is 11.8 Å². The van der Waals surface area contributed by atoms with Crippen molar-refractivity contribution >= 4 is 16.9 Å². The number of nitrogens with zero attached hydrogens (tertiary/aromatic N) is 1. The second-order valence-corrected chi connectivity index (χ2v) is 7.17. The molecule has 0 aromatic rings. The summed E-state index contributed by atoms with van der Waals surface area (Å²) in [5, 5.41) is 5.36. The van der Waals surface area contributed by atoms with Gasteiger partial charge in [0.25, 0.3) is 0 Å². The summed E-state index contributed by atoms with van der Waals surface area (Å²) in [7, 11) is 0. The number of hydrogen-bond acceptors (Lipinski definition) is 2. The van der Waals surface area contributed by atoms with Crippen molar-refractivity contribution in [3.05, 3.63) is 0 Å². The van der Waals surface area contributed by atoms with E-state index in [4.69, 9.17) is 4.99 Å². The van der Waals surface area contributed by atoms with Gasteiger partial charge in [-0.15, -0.1) is 0 Å². The lowest BCUT2D eigenvalue weighted by Gasteiger charge is -2.26. The second kappa shape index (κ2) is 4.00. The SMILES string of the molecule is CC1CC(C)SC(=NCC2CC2(C)C)N1. The van der Waals surface area contributed by atoms with Crippen LogP contribution in [0.25, 0.3) is 0 Å². The smallest absolute Gasteiger partial charge is 0.157 e. The fourth-order valence-corrected chi connectivity index (χ4v) is 3.39. The highest BCUT2D eigenvalue weighted by molar-refractivity contribution is 8.14. The molecule has 2 rings (SSSR count). The average Bonchev–Trinajstić information content (AvgIpc) is 2.69. The fourth-order valence-electron chi connectivity index (χ4n) is 2.20. The zero-order valence-electron chi connectivity index (χ0n) is 10.2. The van der Waals surface area contributed by atoms with Gasteiger partial charge in [0.05, 0.1) is 0 Å². The van der Waals surface area contributed by atoms with Crippen LogP contribution in [-0.2, 0) is 0 Å². The van der Waals surface area contributed by atoms with Gasteiger partial charge in [0.15, 0.2) is 5.17 Å². The lowest BCUT2D eigenvalue weighted by atomic mass is 10.1. The Bertz CT molecular complexity index is 261. The minimum Gasteiger partial charge on any atom is -0.362 e. The largest absolute Gasteiger partial charge is 0.362 e. The van der Waals surface area contributed by atoms with Gasteiger partial charge in [-0.3, -0.25) is 4.99 Å². The molecule has 3 unspecified atom stereocenters. The average molecular weight is 226 g/mol. The third kappa shape index (κ3) is 2.90. The molecule has 3 atom stereocenters. The summed E-state index contributed by atoms with van der Waals surface area (Å²) in [6.07, 6.45) is 2.60. The van der Waals surface area contributed by atoms with Crippen LogP contribution in [-0.4, -0.2) is 23.0 Å². The van der Waals surface area contributed by atoms with E-state index >= 15 is 0 Å². The first-order valence-electron chi connectivity index (χ1n) is 5.95. The number of aliphatic imine (C=N–C) groups is 1. The minimum atomic E-state index is 0.556. The summed E-state index contributed by atoms with van der Waals surface area (Å²) < 4.78 is 0. The molecule has 2 aliphatic rings. The minimum absolute atomic E-state index is 0.556. The van der Waals surface area contributed by atoms with E-state index in [1.165, 1.54) is 18.0 Å².